The summed E-state index contributed by atoms with van der Waals surface area (Å²) in [6.07, 6.45) is 0. The van der Waals surface area contributed by atoms with Crippen molar-refractivity contribution in [1.29, 1.82) is 0 Å². The number of anilines is 1. The third-order valence-corrected chi connectivity index (χ3v) is 3.30. The van der Waals surface area contributed by atoms with Crippen LogP contribution in [0.2, 0.25) is 0 Å². The van der Waals surface area contributed by atoms with Crippen LogP contribution in [0.3, 0.4) is 0 Å². The standard InChI is InChI=1S/C17H18N2O3/c1-10-8-11(2)15(22-3)14(9-10)17(21)19-13-6-4-12(5-7-13)16(18)20/h4-9H,1-3H3,(H2,18,20)(H,19,21). The number of nitrogens with one attached hydrogen (secondary N) is 1. The van der Waals surface area contributed by atoms with Crippen LogP contribution in [0.25, 0.3) is 0 Å². The second-order valence-electron chi connectivity index (χ2n) is 5.06. The Hall–Kier alpha value is -2.82. The van der Waals surface area contributed by atoms with Gasteiger partial charge in [0.05, 0.1) is 12.7 Å². The van der Waals surface area contributed by atoms with E-state index in [9.17, 15) is 9.59 Å². The molecule has 0 aliphatic rings. The van der Waals surface area contributed by atoms with E-state index in [1.54, 1.807) is 30.3 Å². The molecule has 0 unspecified atom stereocenters. The van der Waals surface area contributed by atoms with E-state index >= 15 is 0 Å². The molecule has 0 aliphatic heterocycles. The summed E-state index contributed by atoms with van der Waals surface area (Å²) in [6.45, 7) is 3.81. The summed E-state index contributed by atoms with van der Waals surface area (Å²) in [6, 6.07) is 10.1. The summed E-state index contributed by atoms with van der Waals surface area (Å²) in [5.41, 5.74) is 8.51. The number of carbonyl (C=O) groups is 2. The van der Waals surface area contributed by atoms with Crippen molar-refractivity contribution in [1.82, 2.24) is 0 Å². The molecule has 0 spiro atoms. The fraction of sp³-hybridized carbons (Fsp3) is 0.176. The number of hydrogen-bond donors (Lipinski definition) is 2. The molecular weight excluding hydrogens is 280 g/mol. The molecule has 0 bridgehead atoms. The molecule has 0 heterocycles. The molecule has 2 rings (SSSR count). The number of ether oxygens (including phenoxy) is 1. The summed E-state index contributed by atoms with van der Waals surface area (Å²) < 4.78 is 5.32. The smallest absolute Gasteiger partial charge is 0.259 e. The van der Waals surface area contributed by atoms with Crippen molar-refractivity contribution in [3.8, 4) is 5.75 Å². The molecule has 0 aromatic heterocycles. The van der Waals surface area contributed by atoms with Crippen molar-refractivity contribution in [2.24, 2.45) is 5.73 Å². The highest BCUT2D eigenvalue weighted by Gasteiger charge is 2.15. The Kier molecular flexibility index (Phi) is 4.46. The molecule has 114 valence electrons. The van der Waals surface area contributed by atoms with Gasteiger partial charge in [-0.25, -0.2) is 0 Å². The maximum atomic E-state index is 12.4. The Morgan fingerprint density at radius 3 is 2.27 bits per heavy atom. The van der Waals surface area contributed by atoms with Gasteiger partial charge in [-0.3, -0.25) is 9.59 Å². The second kappa shape index (κ2) is 6.30. The molecular formula is C17H18N2O3. The van der Waals surface area contributed by atoms with Crippen LogP contribution in [0.5, 0.6) is 5.75 Å². The maximum Gasteiger partial charge on any atom is 0.259 e. The van der Waals surface area contributed by atoms with Gasteiger partial charge in [0.25, 0.3) is 5.91 Å². The molecule has 0 saturated heterocycles. The van der Waals surface area contributed by atoms with E-state index in [0.29, 0.717) is 22.6 Å². The van der Waals surface area contributed by atoms with E-state index in [1.165, 1.54) is 7.11 Å². The molecule has 0 atom stereocenters. The highest BCUT2D eigenvalue weighted by Crippen LogP contribution is 2.26. The van der Waals surface area contributed by atoms with Gasteiger partial charge in [-0.15, -0.1) is 0 Å². The highest BCUT2D eigenvalue weighted by molar-refractivity contribution is 6.06. The average Bonchev–Trinajstić information content (AvgIpc) is 2.47. The van der Waals surface area contributed by atoms with Gasteiger partial charge in [0.1, 0.15) is 5.75 Å². The van der Waals surface area contributed by atoms with E-state index in [-0.39, 0.29) is 5.91 Å². The molecule has 22 heavy (non-hydrogen) atoms. The number of benzene rings is 2. The van der Waals surface area contributed by atoms with Crippen LogP contribution in [-0.2, 0) is 0 Å². The van der Waals surface area contributed by atoms with E-state index < -0.39 is 5.91 Å². The molecule has 5 heteroatoms. The van der Waals surface area contributed by atoms with E-state index in [0.717, 1.165) is 11.1 Å². The summed E-state index contributed by atoms with van der Waals surface area (Å²) >= 11 is 0. The second-order valence-corrected chi connectivity index (χ2v) is 5.06. The first-order valence-corrected chi connectivity index (χ1v) is 6.79. The van der Waals surface area contributed by atoms with Gasteiger partial charge in [0.2, 0.25) is 5.91 Å². The minimum absolute atomic E-state index is 0.268. The lowest BCUT2D eigenvalue weighted by molar-refractivity contribution is 0.0998. The lowest BCUT2D eigenvalue weighted by Crippen LogP contribution is -2.15. The van der Waals surface area contributed by atoms with Crippen LogP contribution >= 0.6 is 0 Å². The molecule has 0 saturated carbocycles. The zero-order valence-electron chi connectivity index (χ0n) is 12.8. The SMILES string of the molecule is COc1c(C)cc(C)cc1C(=O)Nc1ccc(C(N)=O)cc1. The molecule has 0 fully saturated rings. The van der Waals surface area contributed by atoms with Gasteiger partial charge in [0, 0.05) is 11.3 Å². The van der Waals surface area contributed by atoms with Crippen LogP contribution in [0.15, 0.2) is 36.4 Å². The first-order chi connectivity index (χ1) is 10.4. The third kappa shape index (κ3) is 3.25. The number of carbonyl (C=O) groups excluding carboxylic acids is 2. The Morgan fingerprint density at radius 2 is 1.73 bits per heavy atom. The molecule has 2 aromatic rings. The van der Waals surface area contributed by atoms with Crippen LogP contribution in [0, 0.1) is 13.8 Å². The maximum absolute atomic E-state index is 12.4. The van der Waals surface area contributed by atoms with Gasteiger partial charge >= 0.3 is 0 Å². The number of amides is 2. The summed E-state index contributed by atoms with van der Waals surface area (Å²) in [5, 5.41) is 2.78. The first-order valence-electron chi connectivity index (χ1n) is 6.79. The fourth-order valence-corrected chi connectivity index (χ4v) is 2.31. The average molecular weight is 298 g/mol. The minimum Gasteiger partial charge on any atom is -0.496 e. The van der Waals surface area contributed by atoms with Crippen molar-refractivity contribution in [3.05, 3.63) is 58.7 Å². The molecule has 0 aliphatic carbocycles. The Balaban J connectivity index is 2.27. The number of hydrogen-bond acceptors (Lipinski definition) is 3. The van der Waals surface area contributed by atoms with Crippen LogP contribution < -0.4 is 15.8 Å². The van der Waals surface area contributed by atoms with Crippen molar-refractivity contribution in [3.63, 3.8) is 0 Å². The van der Waals surface area contributed by atoms with Gasteiger partial charge in [-0.1, -0.05) is 6.07 Å². The van der Waals surface area contributed by atoms with Crippen LogP contribution in [0.1, 0.15) is 31.8 Å². The fourth-order valence-electron chi connectivity index (χ4n) is 2.31. The number of aryl methyl sites for hydroxylation is 2. The van der Waals surface area contributed by atoms with Crippen molar-refractivity contribution in [2.45, 2.75) is 13.8 Å². The lowest BCUT2D eigenvalue weighted by Gasteiger charge is -2.13. The summed E-state index contributed by atoms with van der Waals surface area (Å²) in [7, 11) is 1.54. The monoisotopic (exact) mass is 298 g/mol. The van der Waals surface area contributed by atoms with Crippen LogP contribution in [0.4, 0.5) is 5.69 Å². The van der Waals surface area contributed by atoms with E-state index in [1.807, 2.05) is 19.9 Å². The zero-order chi connectivity index (χ0) is 16.3. The molecule has 2 amide bonds. The number of primary amides is 1. The molecule has 2 aromatic carbocycles. The topological polar surface area (TPSA) is 81.4 Å². The summed E-state index contributed by atoms with van der Waals surface area (Å²) in [5.74, 6) is -0.221. The number of rotatable bonds is 4. The normalized spacial score (nSPS) is 10.1. The third-order valence-electron chi connectivity index (χ3n) is 3.30. The van der Waals surface area contributed by atoms with Crippen molar-refractivity contribution < 1.29 is 14.3 Å². The van der Waals surface area contributed by atoms with E-state index in [2.05, 4.69) is 5.32 Å². The largest absolute Gasteiger partial charge is 0.496 e. The lowest BCUT2D eigenvalue weighted by atomic mass is 10.0. The van der Waals surface area contributed by atoms with Crippen molar-refractivity contribution >= 4 is 17.5 Å². The number of methoxy groups -OCH3 is 1. The minimum atomic E-state index is -0.506. The van der Waals surface area contributed by atoms with E-state index in [4.69, 9.17) is 10.5 Å². The van der Waals surface area contributed by atoms with Crippen molar-refractivity contribution in [2.75, 3.05) is 12.4 Å². The molecule has 0 radical (unpaired) electrons. The van der Waals surface area contributed by atoms with Gasteiger partial charge in [0.15, 0.2) is 0 Å². The van der Waals surface area contributed by atoms with Crippen LogP contribution in [-0.4, -0.2) is 18.9 Å². The Bertz CT molecular complexity index is 721. The van der Waals surface area contributed by atoms with Gasteiger partial charge in [-0.05, 0) is 55.3 Å². The first kappa shape index (κ1) is 15.6. The van der Waals surface area contributed by atoms with Gasteiger partial charge < -0.3 is 15.8 Å². The quantitative estimate of drug-likeness (QED) is 0.910. The Labute approximate surface area is 129 Å². The zero-order valence-corrected chi connectivity index (χ0v) is 12.8. The predicted molar refractivity (Wildman–Crippen MR) is 85.4 cm³/mol. The Morgan fingerprint density at radius 1 is 1.09 bits per heavy atom. The predicted octanol–water partition coefficient (Wildman–Crippen LogP) is 2.66. The molecule has 3 N–H and O–H groups in total. The van der Waals surface area contributed by atoms with Gasteiger partial charge in [-0.2, -0.15) is 0 Å². The number of nitrogens with two attached hydrogens (primary N) is 1. The molecule has 5 nitrogen and oxygen atoms in total. The summed E-state index contributed by atoms with van der Waals surface area (Å²) in [4.78, 5) is 23.5. The highest BCUT2D eigenvalue weighted by atomic mass is 16.5.